The van der Waals surface area contributed by atoms with Crippen LogP contribution in [0.1, 0.15) is 107 Å². The minimum absolute atomic E-state index is 0.217. The van der Waals surface area contributed by atoms with Crippen LogP contribution in [0.15, 0.2) is 127 Å². The van der Waals surface area contributed by atoms with Gasteiger partial charge in [0.1, 0.15) is 28.7 Å². The molecule has 22 heteroatoms. The van der Waals surface area contributed by atoms with Gasteiger partial charge < -0.3 is 80.5 Å². The van der Waals surface area contributed by atoms with Crippen molar-refractivity contribution in [2.75, 3.05) is 39.6 Å². The van der Waals surface area contributed by atoms with E-state index in [-0.39, 0.29) is 37.5 Å². The van der Waals surface area contributed by atoms with Crippen LogP contribution in [0.3, 0.4) is 0 Å². The van der Waals surface area contributed by atoms with Crippen molar-refractivity contribution in [2.24, 2.45) is 10.8 Å². The van der Waals surface area contributed by atoms with Crippen molar-refractivity contribution < 1.29 is 104 Å². The van der Waals surface area contributed by atoms with Crippen LogP contribution in [0.4, 0.5) is 0 Å². The summed E-state index contributed by atoms with van der Waals surface area (Å²) >= 11 is 0. The van der Waals surface area contributed by atoms with E-state index in [2.05, 4.69) is 13.8 Å². The third-order valence-electron chi connectivity index (χ3n) is 13.8. The number of carbonyl (C=O) groups is 5. The van der Waals surface area contributed by atoms with Crippen molar-refractivity contribution in [3.63, 3.8) is 0 Å². The van der Waals surface area contributed by atoms with Gasteiger partial charge in [-0.15, -0.1) is 0 Å². The first-order valence-corrected chi connectivity index (χ1v) is 29.2. The second-order valence-electron chi connectivity index (χ2n) is 21.1. The number of ether oxygens (including phenoxy) is 17. The molecule has 0 fully saturated rings. The molecule has 9 rings (SSSR count). The summed E-state index contributed by atoms with van der Waals surface area (Å²) in [6, 6.07) is 35.4. The normalized spacial score (nSPS) is 15.2. The Morgan fingerprint density at radius 3 is 1.09 bits per heavy atom. The Hall–Kier alpha value is -9.25. The zero-order chi connectivity index (χ0) is 64.1. The number of para-hydroxylation sites is 3. The molecule has 22 nitrogen and oxygen atoms in total. The third-order valence-corrected chi connectivity index (χ3v) is 13.8. The lowest BCUT2D eigenvalue weighted by atomic mass is 9.91. The van der Waals surface area contributed by atoms with Crippen molar-refractivity contribution in [3.05, 3.63) is 133 Å². The smallest absolute Gasteiger partial charge is 0.361 e. The Kier molecular flexibility index (Phi) is 24.3. The van der Waals surface area contributed by atoms with Gasteiger partial charge in [-0.05, 0) is 176 Å². The second-order valence-corrected chi connectivity index (χ2v) is 21.1. The fraction of sp³-hybridized carbons (Fsp3) is 0.388. The number of hydrogen-bond acceptors (Lipinski definition) is 22. The summed E-state index contributed by atoms with van der Waals surface area (Å²) < 4.78 is 92.1. The molecule has 3 aliphatic rings. The average molecular weight is 1230 g/mol. The fourth-order valence-corrected chi connectivity index (χ4v) is 7.65. The molecule has 476 valence electrons. The minimum atomic E-state index is -0.869. The maximum atomic E-state index is 12.2. The van der Waals surface area contributed by atoms with Gasteiger partial charge in [0, 0.05) is 0 Å². The zero-order valence-electron chi connectivity index (χ0n) is 51.8. The Morgan fingerprint density at radius 1 is 0.393 bits per heavy atom. The highest BCUT2D eigenvalue weighted by Crippen LogP contribution is 2.45. The lowest BCUT2D eigenvalue weighted by Gasteiger charge is -2.20. The first kappa shape index (κ1) is 67.3. The topological polar surface area (TPSA) is 242 Å². The lowest BCUT2D eigenvalue weighted by Crippen LogP contribution is -2.28. The molecule has 6 aromatic rings. The molecular weight excluding hydrogens is 1160 g/mol. The average Bonchev–Trinajstić information content (AvgIpc) is 3.65. The van der Waals surface area contributed by atoms with E-state index in [1.165, 1.54) is 5.56 Å². The van der Waals surface area contributed by atoms with E-state index in [1.807, 2.05) is 74.4 Å². The molecule has 0 saturated heterocycles. The zero-order valence-corrected chi connectivity index (χ0v) is 51.8. The van der Waals surface area contributed by atoms with Gasteiger partial charge >= 0.3 is 49.3 Å². The number of hydrogen-bond donors (Lipinski definition) is 0. The van der Waals surface area contributed by atoms with Gasteiger partial charge in [-0.1, -0.05) is 58.0 Å². The summed E-state index contributed by atoms with van der Waals surface area (Å²) in [5.74, 6) is 3.62. The largest absolute Gasteiger partial charge is 0.482 e. The summed E-state index contributed by atoms with van der Waals surface area (Å²) in [6.07, 6.45) is 2.39. The van der Waals surface area contributed by atoms with E-state index in [0.717, 1.165) is 6.42 Å². The van der Waals surface area contributed by atoms with E-state index in [1.54, 1.807) is 115 Å². The Labute approximate surface area is 517 Å². The molecule has 6 aromatic carbocycles. The standard InChI is InChI=1S/2C23H26O8.C21H24O6/c1-5-23(3,4)21(25)29-16-12-10-15(11-13-16)28-19(24)14-27-17-8-7-9-18-20(17)31-22(30-18)26-6-2;1-5-23(3,4)21(25)28-16-12-10-15(11-13-16)27-14-19(24)29-17-8-7-9-18-20(17)31-22(30-18)26-6-2;1-4-14(3)15-9-11-16(12-10-15)25-19(22)13-24-17-7-6-8-18-20(17)27-21(26-18)23-5-2/h2*7-13,22H,5-6,14H2,1-4H3;6-12,14,21H,4-5,13H2,1-3H3. The van der Waals surface area contributed by atoms with Gasteiger partial charge in [0.2, 0.25) is 17.2 Å². The summed E-state index contributed by atoms with van der Waals surface area (Å²) in [4.78, 5) is 60.7. The SMILES string of the molecule is CCOC1Oc2cccc(OC(=O)COc3ccc(OC(=O)C(C)(C)CC)cc3)c2O1.CCOC1Oc2cccc(OCC(=O)Oc3ccc(C(C)CC)cc3)c2O1.CCOC1Oc2cccc(OCC(=O)Oc3ccc(OC(=O)C(C)(C)CC)cc3)c2O1. The maximum Gasteiger partial charge on any atom is 0.361 e. The van der Waals surface area contributed by atoms with Crippen molar-refractivity contribution in [2.45, 2.75) is 121 Å². The minimum Gasteiger partial charge on any atom is -0.482 e. The van der Waals surface area contributed by atoms with Crippen LogP contribution in [-0.4, -0.2) is 88.9 Å². The number of rotatable bonds is 26. The van der Waals surface area contributed by atoms with Crippen molar-refractivity contribution in [3.8, 4) is 80.5 Å². The van der Waals surface area contributed by atoms with E-state index in [4.69, 9.17) is 80.5 Å². The highest BCUT2D eigenvalue weighted by Gasteiger charge is 2.33. The van der Waals surface area contributed by atoms with Gasteiger partial charge in [-0.2, -0.15) is 0 Å². The molecule has 0 bridgehead atoms. The van der Waals surface area contributed by atoms with Crippen LogP contribution in [0.25, 0.3) is 0 Å². The molecule has 0 aliphatic carbocycles. The molecule has 4 unspecified atom stereocenters. The third kappa shape index (κ3) is 19.4. The Balaban J connectivity index is 0.000000191. The van der Waals surface area contributed by atoms with Crippen LogP contribution < -0.4 is 66.3 Å². The predicted molar refractivity (Wildman–Crippen MR) is 320 cm³/mol. The quantitative estimate of drug-likeness (QED) is 0.0362. The van der Waals surface area contributed by atoms with Gasteiger partial charge in [-0.3, -0.25) is 9.59 Å². The first-order chi connectivity index (χ1) is 42.7. The maximum absolute atomic E-state index is 12.2. The van der Waals surface area contributed by atoms with E-state index in [0.29, 0.717) is 113 Å². The molecule has 0 amide bonds. The van der Waals surface area contributed by atoms with Crippen LogP contribution in [-0.2, 0) is 38.2 Å². The van der Waals surface area contributed by atoms with Gasteiger partial charge in [-0.25, -0.2) is 14.4 Å². The first-order valence-electron chi connectivity index (χ1n) is 29.2. The van der Waals surface area contributed by atoms with Crippen molar-refractivity contribution >= 4 is 29.8 Å². The lowest BCUT2D eigenvalue weighted by molar-refractivity contribution is -0.174. The molecule has 0 aromatic heterocycles. The molecule has 3 heterocycles. The predicted octanol–water partition coefficient (Wildman–Crippen LogP) is 12.5. The molecule has 0 saturated carbocycles. The summed E-state index contributed by atoms with van der Waals surface area (Å²) in [5.41, 5.74) is 0.0836. The van der Waals surface area contributed by atoms with Crippen LogP contribution in [0.2, 0.25) is 0 Å². The van der Waals surface area contributed by atoms with E-state index in [9.17, 15) is 24.0 Å². The second kappa shape index (κ2) is 32.1. The van der Waals surface area contributed by atoms with Crippen molar-refractivity contribution in [1.29, 1.82) is 0 Å². The summed E-state index contributed by atoms with van der Waals surface area (Å²) in [7, 11) is 0. The molecule has 0 spiro atoms. The summed E-state index contributed by atoms with van der Waals surface area (Å²) in [5, 5.41) is 0. The van der Waals surface area contributed by atoms with Gasteiger partial charge in [0.25, 0.3) is 0 Å². The van der Waals surface area contributed by atoms with Gasteiger partial charge in [0.05, 0.1) is 30.7 Å². The fourth-order valence-electron chi connectivity index (χ4n) is 7.65. The number of benzene rings is 6. The number of carbonyl (C=O) groups excluding carboxylic acids is 5. The number of fused-ring (bicyclic) bond motifs is 3. The molecule has 4 atom stereocenters. The van der Waals surface area contributed by atoms with Crippen LogP contribution in [0, 0.1) is 10.8 Å². The number of esters is 5. The van der Waals surface area contributed by atoms with Crippen molar-refractivity contribution in [1.82, 2.24) is 0 Å². The van der Waals surface area contributed by atoms with Gasteiger partial charge in [0.15, 0.2) is 54.3 Å². The molecule has 3 aliphatic heterocycles. The Bertz CT molecular complexity index is 3300. The monoisotopic (exact) mass is 1230 g/mol. The van der Waals surface area contributed by atoms with E-state index < -0.39 is 48.2 Å². The van der Waals surface area contributed by atoms with Crippen LogP contribution in [0.5, 0.6) is 80.5 Å². The molecule has 0 radical (unpaired) electrons. The van der Waals surface area contributed by atoms with E-state index >= 15 is 0 Å². The Morgan fingerprint density at radius 2 is 0.719 bits per heavy atom. The highest BCUT2D eigenvalue weighted by atomic mass is 16.9. The molecular formula is C67H76O22. The highest BCUT2D eigenvalue weighted by molar-refractivity contribution is 5.79. The summed E-state index contributed by atoms with van der Waals surface area (Å²) in [6.45, 7) is 18.8. The van der Waals surface area contributed by atoms with Crippen LogP contribution >= 0.6 is 0 Å². The molecule has 89 heavy (non-hydrogen) atoms. The molecule has 0 N–H and O–H groups in total.